The quantitative estimate of drug-likeness (QED) is 0.673. The van der Waals surface area contributed by atoms with Gasteiger partial charge in [-0.3, -0.25) is 0 Å². The number of hydrogen-bond acceptors (Lipinski definition) is 6. The summed E-state index contributed by atoms with van der Waals surface area (Å²) in [7, 11) is 3.59. The van der Waals surface area contributed by atoms with Gasteiger partial charge in [0.15, 0.2) is 5.16 Å². The summed E-state index contributed by atoms with van der Waals surface area (Å²) in [6.07, 6.45) is 3.68. The molecule has 0 spiro atoms. The Bertz CT molecular complexity index is 751. The van der Waals surface area contributed by atoms with Crippen molar-refractivity contribution in [3.05, 3.63) is 42.5 Å². The lowest BCUT2D eigenvalue weighted by Gasteiger charge is -2.05. The summed E-state index contributed by atoms with van der Waals surface area (Å²) in [5, 5.41) is 9.20. The average Bonchev–Trinajstić information content (AvgIpc) is 3.17. The molecule has 1 unspecified atom stereocenters. The first-order valence-corrected chi connectivity index (χ1v) is 7.67. The Morgan fingerprint density at radius 1 is 1.23 bits per heavy atom. The van der Waals surface area contributed by atoms with Crippen molar-refractivity contribution in [3.8, 4) is 17.2 Å². The Kier molecular flexibility index (Phi) is 4.15. The van der Waals surface area contributed by atoms with E-state index in [2.05, 4.69) is 15.2 Å². The molecule has 22 heavy (non-hydrogen) atoms. The first kappa shape index (κ1) is 14.6. The predicted molar refractivity (Wildman–Crippen MR) is 83.8 cm³/mol. The Hall–Kier alpha value is -2.28. The zero-order chi connectivity index (χ0) is 15.5. The van der Waals surface area contributed by atoms with Gasteiger partial charge in [0.25, 0.3) is 0 Å². The summed E-state index contributed by atoms with van der Waals surface area (Å²) in [5.41, 5.74) is 0.869. The number of benzene rings is 1. The van der Waals surface area contributed by atoms with Crippen LogP contribution in [0.4, 0.5) is 0 Å². The van der Waals surface area contributed by atoms with Gasteiger partial charge in [-0.2, -0.15) is 0 Å². The lowest BCUT2D eigenvalue weighted by atomic mass is 10.2. The summed E-state index contributed by atoms with van der Waals surface area (Å²) in [5.74, 6) is 1.88. The number of ether oxygens (including phenoxy) is 1. The van der Waals surface area contributed by atoms with Crippen molar-refractivity contribution < 1.29 is 9.15 Å². The van der Waals surface area contributed by atoms with Gasteiger partial charge in [-0.25, -0.2) is 4.98 Å². The molecule has 0 aliphatic rings. The molecule has 3 aromatic rings. The summed E-state index contributed by atoms with van der Waals surface area (Å²) >= 11 is 1.58. The molecule has 114 valence electrons. The smallest absolute Gasteiger partial charge is 0.247 e. The van der Waals surface area contributed by atoms with Crippen LogP contribution in [0.5, 0.6) is 5.75 Å². The number of aromatic nitrogens is 4. The Morgan fingerprint density at radius 3 is 2.64 bits per heavy atom. The normalized spacial score (nSPS) is 12.3. The van der Waals surface area contributed by atoms with Crippen molar-refractivity contribution in [2.24, 2.45) is 7.05 Å². The summed E-state index contributed by atoms with van der Waals surface area (Å²) in [4.78, 5) is 4.29. The fraction of sp³-hybridized carbons (Fsp3) is 0.267. The molecule has 0 N–H and O–H groups in total. The maximum absolute atomic E-state index is 5.77. The SMILES string of the molecule is COc1ccc(-c2nnc(C(C)Sc3nccn3C)o2)cc1. The molecule has 0 bridgehead atoms. The molecule has 0 aliphatic heterocycles. The third-order valence-corrected chi connectivity index (χ3v) is 4.34. The van der Waals surface area contributed by atoms with Crippen LogP contribution >= 0.6 is 11.8 Å². The lowest BCUT2D eigenvalue weighted by molar-refractivity contribution is 0.415. The van der Waals surface area contributed by atoms with Gasteiger partial charge in [0, 0.05) is 25.0 Å². The van der Waals surface area contributed by atoms with Gasteiger partial charge in [0.1, 0.15) is 5.75 Å². The predicted octanol–water partition coefficient (Wildman–Crippen LogP) is 3.33. The summed E-state index contributed by atoms with van der Waals surface area (Å²) < 4.78 is 12.9. The molecule has 2 aromatic heterocycles. The van der Waals surface area contributed by atoms with Crippen molar-refractivity contribution in [3.63, 3.8) is 0 Å². The topological polar surface area (TPSA) is 66.0 Å². The minimum Gasteiger partial charge on any atom is -0.497 e. The Labute approximate surface area is 132 Å². The minimum absolute atomic E-state index is 0.0283. The van der Waals surface area contributed by atoms with Gasteiger partial charge in [-0.15, -0.1) is 10.2 Å². The molecule has 0 amide bonds. The molecule has 2 heterocycles. The molecule has 0 radical (unpaired) electrons. The number of imidazole rings is 1. The molecule has 0 saturated heterocycles. The molecule has 1 atom stereocenters. The van der Waals surface area contributed by atoms with E-state index < -0.39 is 0 Å². The van der Waals surface area contributed by atoms with E-state index in [0.29, 0.717) is 11.8 Å². The van der Waals surface area contributed by atoms with E-state index in [1.807, 2.05) is 49.0 Å². The lowest BCUT2D eigenvalue weighted by Crippen LogP contribution is -1.94. The number of aryl methyl sites for hydroxylation is 1. The highest BCUT2D eigenvalue weighted by Gasteiger charge is 2.18. The van der Waals surface area contributed by atoms with Crippen molar-refractivity contribution in [1.82, 2.24) is 19.7 Å². The minimum atomic E-state index is 0.0283. The van der Waals surface area contributed by atoms with Crippen LogP contribution in [-0.4, -0.2) is 26.9 Å². The van der Waals surface area contributed by atoms with Crippen LogP contribution in [0, 0.1) is 0 Å². The molecular formula is C15H16N4O2S. The van der Waals surface area contributed by atoms with Gasteiger partial charge in [-0.05, 0) is 31.2 Å². The second-order valence-corrected chi connectivity index (χ2v) is 6.06. The molecule has 0 aliphatic carbocycles. The maximum Gasteiger partial charge on any atom is 0.247 e. The molecule has 1 aromatic carbocycles. The molecule has 0 saturated carbocycles. The van der Waals surface area contributed by atoms with E-state index in [4.69, 9.17) is 9.15 Å². The Morgan fingerprint density at radius 2 is 2.00 bits per heavy atom. The standard InChI is InChI=1S/C15H16N4O2S/c1-10(22-15-16-8-9-19(15)2)13-17-18-14(21-13)11-4-6-12(20-3)7-5-11/h4-10H,1-3H3. The highest BCUT2D eigenvalue weighted by molar-refractivity contribution is 7.99. The van der Waals surface area contributed by atoms with Crippen LogP contribution in [0.1, 0.15) is 18.1 Å². The third kappa shape index (κ3) is 2.99. The zero-order valence-electron chi connectivity index (χ0n) is 12.6. The van der Waals surface area contributed by atoms with E-state index >= 15 is 0 Å². The summed E-state index contributed by atoms with van der Waals surface area (Å²) in [6, 6.07) is 7.52. The molecule has 0 fully saturated rings. The first-order valence-electron chi connectivity index (χ1n) is 6.79. The van der Waals surface area contributed by atoms with Gasteiger partial charge >= 0.3 is 0 Å². The maximum atomic E-state index is 5.77. The van der Waals surface area contributed by atoms with Crippen molar-refractivity contribution in [1.29, 1.82) is 0 Å². The zero-order valence-corrected chi connectivity index (χ0v) is 13.4. The number of methoxy groups -OCH3 is 1. The van der Waals surface area contributed by atoms with E-state index in [1.165, 1.54) is 0 Å². The van der Waals surface area contributed by atoms with Crippen LogP contribution in [0.25, 0.3) is 11.5 Å². The van der Waals surface area contributed by atoms with Crippen molar-refractivity contribution >= 4 is 11.8 Å². The molecule has 3 rings (SSSR count). The fourth-order valence-electron chi connectivity index (χ4n) is 1.92. The van der Waals surface area contributed by atoms with Crippen molar-refractivity contribution in [2.75, 3.05) is 7.11 Å². The van der Waals surface area contributed by atoms with E-state index in [-0.39, 0.29) is 5.25 Å². The first-order chi connectivity index (χ1) is 10.7. The van der Waals surface area contributed by atoms with Crippen LogP contribution < -0.4 is 4.74 Å². The number of nitrogens with zero attached hydrogens (tertiary/aromatic N) is 4. The number of rotatable bonds is 5. The molecular weight excluding hydrogens is 300 g/mol. The molecule has 6 nitrogen and oxygen atoms in total. The van der Waals surface area contributed by atoms with Crippen LogP contribution in [0.3, 0.4) is 0 Å². The monoisotopic (exact) mass is 316 g/mol. The molecule has 7 heteroatoms. The van der Waals surface area contributed by atoms with E-state index in [0.717, 1.165) is 16.5 Å². The second kappa shape index (κ2) is 6.23. The summed E-state index contributed by atoms with van der Waals surface area (Å²) in [6.45, 7) is 2.02. The van der Waals surface area contributed by atoms with Crippen LogP contribution in [0.2, 0.25) is 0 Å². The number of thioether (sulfide) groups is 1. The van der Waals surface area contributed by atoms with Crippen LogP contribution in [-0.2, 0) is 7.05 Å². The largest absolute Gasteiger partial charge is 0.497 e. The van der Waals surface area contributed by atoms with Gasteiger partial charge in [0.2, 0.25) is 11.8 Å². The van der Waals surface area contributed by atoms with E-state index in [9.17, 15) is 0 Å². The van der Waals surface area contributed by atoms with Gasteiger partial charge in [-0.1, -0.05) is 11.8 Å². The van der Waals surface area contributed by atoms with Gasteiger partial charge < -0.3 is 13.7 Å². The number of hydrogen-bond donors (Lipinski definition) is 0. The average molecular weight is 316 g/mol. The second-order valence-electron chi connectivity index (χ2n) is 4.75. The van der Waals surface area contributed by atoms with E-state index in [1.54, 1.807) is 25.1 Å². The third-order valence-electron chi connectivity index (χ3n) is 3.18. The van der Waals surface area contributed by atoms with Crippen LogP contribution in [0.15, 0.2) is 46.2 Å². The van der Waals surface area contributed by atoms with Gasteiger partial charge in [0.05, 0.1) is 12.4 Å². The Balaban J connectivity index is 1.76. The highest BCUT2D eigenvalue weighted by atomic mass is 32.2. The van der Waals surface area contributed by atoms with Crippen molar-refractivity contribution in [2.45, 2.75) is 17.3 Å². The fourth-order valence-corrected chi connectivity index (χ4v) is 2.78. The highest BCUT2D eigenvalue weighted by Crippen LogP contribution is 2.34.